The number of rotatable bonds is 28. The summed E-state index contributed by atoms with van der Waals surface area (Å²) in [5.74, 6) is 0.315. The molecule has 17 nitrogen and oxygen atoms in total. The van der Waals surface area contributed by atoms with E-state index in [2.05, 4.69) is 31.8 Å². The van der Waals surface area contributed by atoms with Crippen LogP contribution in [0.3, 0.4) is 0 Å². The molecule has 2 unspecified atom stereocenters. The number of aliphatic carboxylic acids is 2. The molecule has 1 amide bonds. The van der Waals surface area contributed by atoms with Gasteiger partial charge in [0, 0.05) is 83.7 Å². The van der Waals surface area contributed by atoms with Gasteiger partial charge in [-0.2, -0.15) is 0 Å². The number of ether oxygens (including phenoxy) is 5. The molecule has 4 aromatic carbocycles. The summed E-state index contributed by atoms with van der Waals surface area (Å²) >= 11 is 12.5. The van der Waals surface area contributed by atoms with Gasteiger partial charge in [-0.25, -0.2) is 0 Å². The highest BCUT2D eigenvalue weighted by Gasteiger charge is 2.20. The largest absolute Gasteiger partial charge is 0.494 e. The van der Waals surface area contributed by atoms with Crippen LogP contribution >= 0.6 is 23.2 Å². The molecule has 0 saturated carbocycles. The Morgan fingerprint density at radius 1 is 0.658 bits per heavy atom. The summed E-state index contributed by atoms with van der Waals surface area (Å²) in [5.41, 5.74) is 5.53. The van der Waals surface area contributed by atoms with Gasteiger partial charge in [0.15, 0.2) is 0 Å². The fourth-order valence-corrected chi connectivity index (χ4v) is 7.84. The number of aliphatic hydroxyl groups excluding tert-OH is 2. The van der Waals surface area contributed by atoms with Crippen molar-refractivity contribution < 1.29 is 58.5 Å². The number of aliphatic hydroxyl groups is 2. The number of benzene rings is 4. The predicted molar refractivity (Wildman–Crippen MR) is 301 cm³/mol. The lowest BCUT2D eigenvalue weighted by Crippen LogP contribution is -2.46. The molecule has 2 atom stereocenters. The topological polar surface area (TPSA) is 221 Å². The Morgan fingerprint density at radius 2 is 1.17 bits per heavy atom. The highest BCUT2D eigenvalue weighted by molar-refractivity contribution is 6.43. The van der Waals surface area contributed by atoms with Crippen LogP contribution in [0.15, 0.2) is 84.9 Å². The smallest absolute Gasteiger partial charge is 0.303 e. The number of hydrogen-bond acceptors (Lipinski definition) is 14. The van der Waals surface area contributed by atoms with Crippen molar-refractivity contribution in [2.75, 3.05) is 103 Å². The molecule has 422 valence electrons. The normalized spacial score (nSPS) is 13.9. The zero-order chi connectivity index (χ0) is 55.7. The number of piperazine rings is 1. The van der Waals surface area contributed by atoms with Gasteiger partial charge in [0.1, 0.15) is 42.7 Å². The summed E-state index contributed by atoms with van der Waals surface area (Å²) in [5, 5.41) is 45.8. The van der Waals surface area contributed by atoms with Crippen LogP contribution < -0.4 is 35.1 Å². The van der Waals surface area contributed by atoms with Crippen molar-refractivity contribution >= 4 is 52.4 Å². The van der Waals surface area contributed by atoms with Gasteiger partial charge in [-0.05, 0) is 97.8 Å². The number of nitrogens with one attached hydrogen (secondary N) is 3. The third-order valence-electron chi connectivity index (χ3n) is 11.8. The molecule has 19 heteroatoms. The number of nitrogens with zero attached hydrogens (tertiary/aromatic N) is 2. The van der Waals surface area contributed by atoms with Crippen LogP contribution in [0.1, 0.15) is 76.5 Å². The first-order valence-corrected chi connectivity index (χ1v) is 26.9. The van der Waals surface area contributed by atoms with E-state index in [1.54, 1.807) is 14.2 Å². The Balaban J connectivity index is 0.000000290. The van der Waals surface area contributed by atoms with Crippen molar-refractivity contribution in [1.82, 2.24) is 15.5 Å². The van der Waals surface area contributed by atoms with Crippen LogP contribution in [-0.2, 0) is 43.1 Å². The number of aryl methyl sites for hydroxylation is 1. The van der Waals surface area contributed by atoms with E-state index in [4.69, 9.17) is 57.1 Å². The lowest BCUT2D eigenvalue weighted by Gasteiger charge is -2.36. The monoisotopic (exact) mass is 1100 g/mol. The van der Waals surface area contributed by atoms with E-state index >= 15 is 0 Å². The van der Waals surface area contributed by atoms with Crippen molar-refractivity contribution in [2.24, 2.45) is 0 Å². The van der Waals surface area contributed by atoms with E-state index in [9.17, 15) is 24.6 Å². The van der Waals surface area contributed by atoms with Crippen LogP contribution in [0.25, 0.3) is 0 Å². The fourth-order valence-electron chi connectivity index (χ4n) is 7.42. The number of carbonyl (C=O) groups is 3. The molecule has 0 spiro atoms. The summed E-state index contributed by atoms with van der Waals surface area (Å²) in [6, 6.07) is 28.3. The second kappa shape index (κ2) is 37.5. The number of hydrogen-bond donors (Lipinski definition) is 7. The second-order valence-electron chi connectivity index (χ2n) is 18.9. The molecule has 1 saturated heterocycles. The average molecular weight is 1100 g/mol. The molecule has 0 aliphatic carbocycles. The average Bonchev–Trinajstić information content (AvgIpc) is 3.40. The van der Waals surface area contributed by atoms with Crippen molar-refractivity contribution in [2.45, 2.75) is 103 Å². The minimum atomic E-state index is -1.08. The first kappa shape index (κ1) is 65.1. The first-order chi connectivity index (χ1) is 36.5. The molecule has 0 aromatic heterocycles. The number of halogens is 2. The molecule has 7 N–H and O–H groups in total. The van der Waals surface area contributed by atoms with Gasteiger partial charge in [-0.15, -0.1) is 0 Å². The number of methoxy groups -OCH3 is 2. The fraction of sp³-hybridized carbons (Fsp3) is 0.526. The van der Waals surface area contributed by atoms with E-state index in [0.29, 0.717) is 61.5 Å². The number of amides is 1. The van der Waals surface area contributed by atoms with Crippen LogP contribution in [0.2, 0.25) is 10.0 Å². The summed E-state index contributed by atoms with van der Waals surface area (Å²) in [6.45, 7) is 17.0. The maximum Gasteiger partial charge on any atom is 0.303 e. The Kier molecular flexibility index (Phi) is 32.1. The van der Waals surface area contributed by atoms with Crippen molar-refractivity contribution in [3.63, 3.8) is 0 Å². The van der Waals surface area contributed by atoms with Crippen molar-refractivity contribution in [1.29, 1.82) is 0 Å². The maximum absolute atomic E-state index is 11.5. The third kappa shape index (κ3) is 28.2. The quantitative estimate of drug-likeness (QED) is 0.0268. The predicted octanol–water partition coefficient (Wildman–Crippen LogP) is 8.02. The SMILES string of the molecule is COCCc1ccc(OCC(O)CNC(C)C)cc1.COCCc1ccc(OCC(O)CNC(C)C)cc1.O=C(O)CCC(=O)O.O=C1CCc2ccc(OCCCCN3CCN(c4cccc(Cl)c4Cl)CC3)cc2N1. The minimum absolute atomic E-state index is 0.0809. The van der Waals surface area contributed by atoms with Crippen LogP contribution in [0.5, 0.6) is 17.2 Å². The second-order valence-corrected chi connectivity index (χ2v) is 19.7. The third-order valence-corrected chi connectivity index (χ3v) is 12.6. The van der Waals surface area contributed by atoms with Gasteiger partial charge in [0.05, 0.1) is 48.4 Å². The minimum Gasteiger partial charge on any atom is -0.494 e. The molecule has 6 rings (SSSR count). The summed E-state index contributed by atoms with van der Waals surface area (Å²) < 4.78 is 27.0. The summed E-state index contributed by atoms with van der Waals surface area (Å²) in [7, 11) is 3.40. The lowest BCUT2D eigenvalue weighted by molar-refractivity contribution is -0.143. The van der Waals surface area contributed by atoms with E-state index in [1.165, 1.54) is 16.7 Å². The van der Waals surface area contributed by atoms with E-state index in [-0.39, 0.29) is 18.7 Å². The molecular weight excluding hydrogens is 1020 g/mol. The maximum atomic E-state index is 11.5. The number of unbranched alkanes of at least 4 members (excludes halogenated alkanes) is 1. The molecule has 76 heavy (non-hydrogen) atoms. The summed E-state index contributed by atoms with van der Waals surface area (Å²) in [6.07, 6.45) is 3.70. The zero-order valence-corrected chi connectivity index (χ0v) is 46.8. The Morgan fingerprint density at radius 3 is 1.66 bits per heavy atom. The Labute approximate surface area is 460 Å². The highest BCUT2D eigenvalue weighted by Crippen LogP contribution is 2.33. The standard InChI is InChI=1S/C23H27Cl2N3O2.2C15H25NO3.C4H6O4/c24-19-4-3-5-21(23(19)25)28-13-11-27(12-14-28)10-1-2-15-30-18-8-6-17-7-9-22(29)26-20(17)16-18;2*1-12(2)16-10-14(17)11-19-15-6-4-13(5-7-15)8-9-18-3;5-3(6)1-2-4(7)8/h3-6,8,16H,1-2,7,9-15H2,(H,26,29);2*4-7,12,14,16-17H,8-11H2,1-3H3;1-2H2,(H,5,6)(H,7,8). The molecule has 1 fully saturated rings. The van der Waals surface area contributed by atoms with Gasteiger partial charge in [-0.3, -0.25) is 19.3 Å². The molecule has 0 bridgehead atoms. The van der Waals surface area contributed by atoms with Gasteiger partial charge in [0.2, 0.25) is 5.91 Å². The summed E-state index contributed by atoms with van der Waals surface area (Å²) in [4.78, 5) is 35.6. The number of carboxylic acids is 2. The number of fused-ring (bicyclic) bond motifs is 1. The van der Waals surface area contributed by atoms with Gasteiger partial charge >= 0.3 is 11.9 Å². The molecule has 4 aromatic rings. The van der Waals surface area contributed by atoms with E-state index in [0.717, 1.165) is 107 Å². The molecular formula is C57H83Cl2N5O12. The van der Waals surface area contributed by atoms with E-state index < -0.39 is 24.1 Å². The Hall–Kier alpha value is -5.21. The van der Waals surface area contributed by atoms with Gasteiger partial charge in [-0.1, -0.05) is 87.3 Å². The first-order valence-electron chi connectivity index (χ1n) is 26.1. The number of carbonyl (C=O) groups excluding carboxylic acids is 1. The Bertz CT molecular complexity index is 2170. The van der Waals surface area contributed by atoms with Crippen molar-refractivity contribution in [3.05, 3.63) is 112 Å². The highest BCUT2D eigenvalue weighted by atomic mass is 35.5. The van der Waals surface area contributed by atoms with Gasteiger partial charge < -0.3 is 65.0 Å². The van der Waals surface area contributed by atoms with Crippen LogP contribution in [0.4, 0.5) is 11.4 Å². The molecule has 2 heterocycles. The van der Waals surface area contributed by atoms with Gasteiger partial charge in [0.25, 0.3) is 0 Å². The molecule has 0 radical (unpaired) electrons. The van der Waals surface area contributed by atoms with Crippen molar-refractivity contribution in [3.8, 4) is 17.2 Å². The van der Waals surface area contributed by atoms with Crippen LogP contribution in [-0.4, -0.2) is 161 Å². The zero-order valence-electron chi connectivity index (χ0n) is 45.2. The number of anilines is 2. The molecule has 2 aliphatic rings. The van der Waals surface area contributed by atoms with Crippen LogP contribution in [0, 0.1) is 0 Å². The number of carboxylic acid groups (broad SMARTS) is 2. The molecule has 2 aliphatic heterocycles. The van der Waals surface area contributed by atoms with E-state index in [1.807, 2.05) is 107 Å². The lowest BCUT2D eigenvalue weighted by atomic mass is 10.0.